The Hall–Kier alpha value is -2.53. The van der Waals surface area contributed by atoms with Crippen LogP contribution in [0.15, 0.2) is 48.5 Å². The van der Waals surface area contributed by atoms with Crippen LogP contribution in [0, 0.1) is 0 Å². The normalized spacial score (nSPS) is 11.6. The number of hydrogen-bond donors (Lipinski definition) is 2. The van der Waals surface area contributed by atoms with E-state index >= 15 is 0 Å². The molecule has 0 saturated carbocycles. The zero-order valence-corrected chi connectivity index (χ0v) is 13.3. The lowest BCUT2D eigenvalue weighted by Gasteiger charge is -2.16. The molecular formula is C17H17ClN2O3. The Morgan fingerprint density at radius 2 is 1.83 bits per heavy atom. The molecule has 0 saturated heterocycles. The third-order valence-electron chi connectivity index (χ3n) is 3.26. The second-order valence-corrected chi connectivity index (χ2v) is 5.40. The Morgan fingerprint density at radius 3 is 2.43 bits per heavy atom. The Labute approximate surface area is 139 Å². The minimum Gasteiger partial charge on any atom is -0.484 e. The molecule has 0 spiro atoms. The van der Waals surface area contributed by atoms with E-state index in [0.29, 0.717) is 16.3 Å². The minimum absolute atomic E-state index is 0.134. The highest BCUT2D eigenvalue weighted by Crippen LogP contribution is 2.22. The maximum atomic E-state index is 11.9. The topological polar surface area (TPSA) is 81.4 Å². The van der Waals surface area contributed by atoms with Crippen molar-refractivity contribution in [1.29, 1.82) is 0 Å². The zero-order chi connectivity index (χ0) is 16.8. The van der Waals surface area contributed by atoms with Crippen molar-refractivity contribution in [2.24, 2.45) is 5.73 Å². The molecule has 2 aromatic rings. The molecule has 5 nitrogen and oxygen atoms in total. The molecule has 0 unspecified atom stereocenters. The third-order valence-corrected chi connectivity index (χ3v) is 3.60. The number of rotatable bonds is 6. The SMILES string of the molecule is C[C@@H](NC(=O)COc1ccc(C(N)=O)cc1)c1ccccc1Cl. The number of hydrogen-bond acceptors (Lipinski definition) is 3. The van der Waals surface area contributed by atoms with Gasteiger partial charge >= 0.3 is 0 Å². The van der Waals surface area contributed by atoms with Crippen LogP contribution < -0.4 is 15.8 Å². The van der Waals surface area contributed by atoms with Gasteiger partial charge in [-0.2, -0.15) is 0 Å². The summed E-state index contributed by atoms with van der Waals surface area (Å²) in [4.78, 5) is 22.9. The standard InChI is InChI=1S/C17H17ClN2O3/c1-11(14-4-2-3-5-15(14)18)20-16(21)10-23-13-8-6-12(7-9-13)17(19)22/h2-9,11H,10H2,1H3,(H2,19,22)(H,20,21)/t11-/m1/s1. The van der Waals surface area contributed by atoms with Gasteiger partial charge in [0, 0.05) is 10.6 Å². The summed E-state index contributed by atoms with van der Waals surface area (Å²) in [5, 5.41) is 3.41. The van der Waals surface area contributed by atoms with Gasteiger partial charge in [-0.1, -0.05) is 29.8 Å². The highest BCUT2D eigenvalue weighted by atomic mass is 35.5. The first-order chi connectivity index (χ1) is 11.0. The number of amides is 2. The molecule has 0 aromatic heterocycles. The average molecular weight is 333 g/mol. The Kier molecular flexibility index (Phi) is 5.60. The number of benzene rings is 2. The molecule has 3 N–H and O–H groups in total. The number of carbonyl (C=O) groups excluding carboxylic acids is 2. The number of nitrogens with two attached hydrogens (primary N) is 1. The predicted molar refractivity (Wildman–Crippen MR) is 88.5 cm³/mol. The van der Waals surface area contributed by atoms with Crippen LogP contribution in [-0.2, 0) is 4.79 Å². The van der Waals surface area contributed by atoms with Crippen LogP contribution in [-0.4, -0.2) is 18.4 Å². The minimum atomic E-state index is -0.511. The summed E-state index contributed by atoms with van der Waals surface area (Å²) >= 11 is 6.10. The molecule has 1 atom stereocenters. The van der Waals surface area contributed by atoms with Crippen LogP contribution in [0.25, 0.3) is 0 Å². The van der Waals surface area contributed by atoms with E-state index < -0.39 is 5.91 Å². The lowest BCUT2D eigenvalue weighted by molar-refractivity contribution is -0.123. The number of nitrogens with one attached hydrogen (secondary N) is 1. The van der Waals surface area contributed by atoms with Crippen molar-refractivity contribution in [2.45, 2.75) is 13.0 Å². The van der Waals surface area contributed by atoms with Gasteiger partial charge in [-0.05, 0) is 42.8 Å². The van der Waals surface area contributed by atoms with E-state index in [2.05, 4.69) is 5.32 Å². The van der Waals surface area contributed by atoms with Gasteiger partial charge in [-0.15, -0.1) is 0 Å². The summed E-state index contributed by atoms with van der Waals surface area (Å²) in [6.07, 6.45) is 0. The molecule has 2 aromatic carbocycles. The summed E-state index contributed by atoms with van der Waals surface area (Å²) in [6, 6.07) is 13.4. The van der Waals surface area contributed by atoms with Gasteiger partial charge in [-0.3, -0.25) is 9.59 Å². The molecule has 2 rings (SSSR count). The van der Waals surface area contributed by atoms with Crippen molar-refractivity contribution in [2.75, 3.05) is 6.61 Å². The van der Waals surface area contributed by atoms with Crippen molar-refractivity contribution < 1.29 is 14.3 Å². The summed E-state index contributed by atoms with van der Waals surface area (Å²) in [5.41, 5.74) is 6.38. The monoisotopic (exact) mass is 332 g/mol. The number of primary amides is 1. The van der Waals surface area contributed by atoms with Crippen LogP contribution in [0.2, 0.25) is 5.02 Å². The van der Waals surface area contributed by atoms with Crippen LogP contribution in [0.3, 0.4) is 0 Å². The Morgan fingerprint density at radius 1 is 1.17 bits per heavy atom. The molecule has 0 aliphatic heterocycles. The molecule has 120 valence electrons. The molecular weight excluding hydrogens is 316 g/mol. The summed E-state index contributed by atoms with van der Waals surface area (Å²) < 4.78 is 5.37. The van der Waals surface area contributed by atoms with Crippen molar-refractivity contribution in [3.63, 3.8) is 0 Å². The van der Waals surface area contributed by atoms with Gasteiger partial charge < -0.3 is 15.8 Å². The maximum absolute atomic E-state index is 11.9. The summed E-state index contributed by atoms with van der Waals surface area (Å²) in [7, 11) is 0. The lowest BCUT2D eigenvalue weighted by Crippen LogP contribution is -2.31. The van der Waals surface area contributed by atoms with Gasteiger partial charge in [0.25, 0.3) is 5.91 Å². The summed E-state index contributed by atoms with van der Waals surface area (Å²) in [6.45, 7) is 1.71. The second-order valence-electron chi connectivity index (χ2n) is 4.99. The van der Waals surface area contributed by atoms with E-state index in [1.54, 1.807) is 30.3 Å². The van der Waals surface area contributed by atoms with E-state index in [1.165, 1.54) is 0 Å². The molecule has 6 heteroatoms. The second kappa shape index (κ2) is 7.65. The fraction of sp³-hybridized carbons (Fsp3) is 0.176. The Bertz CT molecular complexity index is 701. The first-order valence-electron chi connectivity index (χ1n) is 7.04. The lowest BCUT2D eigenvalue weighted by atomic mass is 10.1. The molecule has 0 heterocycles. The van der Waals surface area contributed by atoms with Crippen molar-refractivity contribution >= 4 is 23.4 Å². The highest BCUT2D eigenvalue weighted by Gasteiger charge is 2.12. The van der Waals surface area contributed by atoms with Gasteiger partial charge in [0.15, 0.2) is 6.61 Å². The molecule has 0 aliphatic rings. The van der Waals surface area contributed by atoms with Crippen LogP contribution in [0.4, 0.5) is 0 Å². The van der Waals surface area contributed by atoms with Crippen molar-refractivity contribution in [1.82, 2.24) is 5.32 Å². The van der Waals surface area contributed by atoms with Crippen LogP contribution in [0.5, 0.6) is 5.75 Å². The summed E-state index contributed by atoms with van der Waals surface area (Å²) in [5.74, 6) is -0.296. The highest BCUT2D eigenvalue weighted by molar-refractivity contribution is 6.31. The van der Waals surface area contributed by atoms with E-state index in [1.807, 2.05) is 25.1 Å². The number of carbonyl (C=O) groups is 2. The van der Waals surface area contributed by atoms with Gasteiger partial charge in [0.2, 0.25) is 5.91 Å². The predicted octanol–water partition coefficient (Wildman–Crippen LogP) is 2.70. The zero-order valence-electron chi connectivity index (χ0n) is 12.6. The fourth-order valence-electron chi connectivity index (χ4n) is 2.05. The average Bonchev–Trinajstić information content (AvgIpc) is 2.53. The van der Waals surface area contributed by atoms with Gasteiger partial charge in [-0.25, -0.2) is 0 Å². The number of ether oxygens (including phenoxy) is 1. The smallest absolute Gasteiger partial charge is 0.258 e. The first-order valence-corrected chi connectivity index (χ1v) is 7.41. The fourth-order valence-corrected chi connectivity index (χ4v) is 2.35. The molecule has 23 heavy (non-hydrogen) atoms. The molecule has 0 bridgehead atoms. The van der Waals surface area contributed by atoms with Gasteiger partial charge in [0.1, 0.15) is 5.75 Å². The molecule has 0 aliphatic carbocycles. The quantitative estimate of drug-likeness (QED) is 0.853. The van der Waals surface area contributed by atoms with Crippen molar-refractivity contribution in [3.8, 4) is 5.75 Å². The maximum Gasteiger partial charge on any atom is 0.258 e. The first kappa shape index (κ1) is 16.8. The molecule has 0 radical (unpaired) electrons. The molecule has 0 fully saturated rings. The third kappa shape index (κ3) is 4.72. The van der Waals surface area contributed by atoms with Crippen LogP contribution >= 0.6 is 11.6 Å². The van der Waals surface area contributed by atoms with Crippen molar-refractivity contribution in [3.05, 3.63) is 64.7 Å². The number of halogens is 1. The van der Waals surface area contributed by atoms with Gasteiger partial charge in [0.05, 0.1) is 6.04 Å². The molecule has 2 amide bonds. The van der Waals surface area contributed by atoms with Crippen LogP contribution in [0.1, 0.15) is 28.9 Å². The van der Waals surface area contributed by atoms with E-state index in [0.717, 1.165) is 5.56 Å². The van der Waals surface area contributed by atoms with E-state index in [4.69, 9.17) is 22.1 Å². The largest absolute Gasteiger partial charge is 0.484 e. The van der Waals surface area contributed by atoms with E-state index in [-0.39, 0.29) is 18.6 Å². The Balaban J connectivity index is 1.87. The van der Waals surface area contributed by atoms with E-state index in [9.17, 15) is 9.59 Å².